The summed E-state index contributed by atoms with van der Waals surface area (Å²) in [5.41, 5.74) is 1.27. The van der Waals surface area contributed by atoms with Crippen molar-refractivity contribution in [3.8, 4) is 11.5 Å². The number of thiophene rings is 1. The van der Waals surface area contributed by atoms with Crippen LogP contribution in [0.5, 0.6) is 11.5 Å². The first-order valence-electron chi connectivity index (χ1n) is 10.6. The lowest BCUT2D eigenvalue weighted by atomic mass is 9.90. The van der Waals surface area contributed by atoms with Crippen LogP contribution < -0.4 is 14.8 Å². The van der Waals surface area contributed by atoms with Crippen molar-refractivity contribution in [2.24, 2.45) is 0 Å². The Morgan fingerprint density at radius 3 is 2.56 bits per heavy atom. The number of ether oxygens (including phenoxy) is 2. The van der Waals surface area contributed by atoms with Gasteiger partial charge in [-0.15, -0.1) is 11.3 Å². The second-order valence-corrected chi connectivity index (χ2v) is 10.3. The van der Waals surface area contributed by atoms with E-state index in [1.54, 1.807) is 35.7 Å². The summed E-state index contributed by atoms with van der Waals surface area (Å²) < 4.78 is 38.0. The maximum absolute atomic E-state index is 13.2. The highest BCUT2D eigenvalue weighted by molar-refractivity contribution is 7.91. The molecule has 2 aromatic carbocycles. The Morgan fingerprint density at radius 1 is 1.06 bits per heavy atom. The highest BCUT2D eigenvalue weighted by Crippen LogP contribution is 2.47. The Labute approximate surface area is 192 Å². The van der Waals surface area contributed by atoms with Crippen molar-refractivity contribution in [3.05, 3.63) is 64.4 Å². The Morgan fingerprint density at radius 2 is 1.84 bits per heavy atom. The summed E-state index contributed by atoms with van der Waals surface area (Å²) in [6.45, 7) is 5.01. The zero-order valence-corrected chi connectivity index (χ0v) is 19.6. The number of sulfone groups is 1. The van der Waals surface area contributed by atoms with Crippen molar-refractivity contribution in [2.75, 3.05) is 18.5 Å². The van der Waals surface area contributed by atoms with Crippen LogP contribution in [0.25, 0.3) is 0 Å². The lowest BCUT2D eigenvalue weighted by Gasteiger charge is -2.24. The van der Waals surface area contributed by atoms with Gasteiger partial charge < -0.3 is 14.8 Å². The molecule has 2 heterocycles. The summed E-state index contributed by atoms with van der Waals surface area (Å²) in [6.07, 6.45) is 1.12. The lowest BCUT2D eigenvalue weighted by Crippen LogP contribution is -2.23. The van der Waals surface area contributed by atoms with Gasteiger partial charge in [0.15, 0.2) is 11.5 Å². The molecule has 1 aromatic heterocycles. The average molecular weight is 472 g/mol. The van der Waals surface area contributed by atoms with Gasteiger partial charge in [-0.2, -0.15) is 0 Å². The summed E-state index contributed by atoms with van der Waals surface area (Å²) in [6, 6.07) is 13.9. The Hall–Kier alpha value is -2.84. The van der Waals surface area contributed by atoms with Gasteiger partial charge >= 0.3 is 0 Å². The van der Waals surface area contributed by atoms with E-state index in [9.17, 15) is 13.2 Å². The molecule has 1 N–H and O–H groups in total. The smallest absolute Gasteiger partial charge is 0.225 e. The lowest BCUT2D eigenvalue weighted by molar-refractivity contribution is -0.116. The van der Waals surface area contributed by atoms with Gasteiger partial charge in [0.05, 0.1) is 23.8 Å². The summed E-state index contributed by atoms with van der Waals surface area (Å²) >= 11 is 1.35. The molecule has 0 unspecified atom stereocenters. The molecule has 3 aromatic rings. The van der Waals surface area contributed by atoms with Gasteiger partial charge in [0.2, 0.25) is 15.7 Å². The predicted molar refractivity (Wildman–Crippen MR) is 125 cm³/mol. The first kappa shape index (κ1) is 22.4. The maximum Gasteiger partial charge on any atom is 0.225 e. The van der Waals surface area contributed by atoms with Crippen molar-refractivity contribution in [3.63, 3.8) is 0 Å². The molecule has 8 heteroatoms. The number of rotatable bonds is 8. The van der Waals surface area contributed by atoms with E-state index in [-0.39, 0.29) is 28.0 Å². The number of hydrogen-bond acceptors (Lipinski definition) is 6. The number of hydrogen-bond donors (Lipinski definition) is 1. The minimum Gasteiger partial charge on any atom is -0.490 e. The Bertz CT molecular complexity index is 1220. The molecule has 0 radical (unpaired) electrons. The second kappa shape index (κ2) is 9.34. The number of anilines is 1. The summed E-state index contributed by atoms with van der Waals surface area (Å²) in [5, 5.41) is 4.42. The quantitative estimate of drug-likeness (QED) is 0.486. The van der Waals surface area contributed by atoms with Crippen LogP contribution in [0.2, 0.25) is 0 Å². The van der Waals surface area contributed by atoms with E-state index in [0.717, 1.165) is 16.9 Å². The highest BCUT2D eigenvalue weighted by atomic mass is 32.2. The zero-order valence-electron chi connectivity index (χ0n) is 18.0. The molecule has 1 aliphatic heterocycles. The molecule has 32 heavy (non-hydrogen) atoms. The first-order chi connectivity index (χ1) is 15.5. The molecule has 0 saturated carbocycles. The van der Waals surface area contributed by atoms with Crippen molar-refractivity contribution < 1.29 is 22.7 Å². The van der Waals surface area contributed by atoms with Crippen LogP contribution in [0, 0.1) is 0 Å². The fraction of sp³-hybridized carbons (Fsp3) is 0.292. The second-order valence-electron chi connectivity index (χ2n) is 7.45. The van der Waals surface area contributed by atoms with Crippen LogP contribution in [0.1, 0.15) is 43.0 Å². The topological polar surface area (TPSA) is 81.7 Å². The minimum atomic E-state index is -3.75. The Kier molecular flexibility index (Phi) is 6.53. The van der Waals surface area contributed by atoms with E-state index in [1.807, 2.05) is 32.0 Å². The monoisotopic (exact) mass is 471 g/mol. The molecule has 1 aliphatic rings. The number of carbonyl (C=O) groups is 1. The molecule has 0 spiro atoms. The van der Waals surface area contributed by atoms with Crippen LogP contribution in [0.3, 0.4) is 0 Å². The molecule has 0 fully saturated rings. The molecule has 6 nitrogen and oxygen atoms in total. The first-order valence-corrected chi connectivity index (χ1v) is 12.9. The number of benzene rings is 2. The standard InChI is InChI=1S/C24H25NO5S2/c1-3-12-30-19-11-10-16(13-20(19)29-4-2)18-14-22(26)25-23-21(15-31-24(18)23)32(27,28)17-8-6-5-7-9-17/h5-11,13,15,18H,3-4,12,14H2,1-2H3,(H,25,26)/t18-/m1/s1. The number of amides is 1. The van der Waals surface area contributed by atoms with E-state index in [4.69, 9.17) is 9.47 Å². The van der Waals surface area contributed by atoms with E-state index in [2.05, 4.69) is 5.32 Å². The van der Waals surface area contributed by atoms with Crippen LogP contribution in [-0.2, 0) is 14.6 Å². The maximum atomic E-state index is 13.2. The predicted octanol–water partition coefficient (Wildman–Crippen LogP) is 5.24. The van der Waals surface area contributed by atoms with Gasteiger partial charge in [0.25, 0.3) is 0 Å². The van der Waals surface area contributed by atoms with Crippen LogP contribution in [0.15, 0.2) is 63.7 Å². The molecule has 168 valence electrons. The average Bonchev–Trinajstić information content (AvgIpc) is 3.23. The van der Waals surface area contributed by atoms with Crippen LogP contribution >= 0.6 is 11.3 Å². The van der Waals surface area contributed by atoms with Crippen molar-refractivity contribution in [1.82, 2.24) is 0 Å². The van der Waals surface area contributed by atoms with Crippen molar-refractivity contribution in [2.45, 2.75) is 42.4 Å². The third kappa shape index (κ3) is 4.25. The van der Waals surface area contributed by atoms with Gasteiger partial charge in [0.1, 0.15) is 4.90 Å². The molecule has 0 bridgehead atoms. The zero-order chi connectivity index (χ0) is 22.7. The number of carbonyl (C=O) groups excluding carboxylic acids is 1. The molecule has 1 amide bonds. The van der Waals surface area contributed by atoms with Crippen LogP contribution in [0.4, 0.5) is 5.69 Å². The fourth-order valence-corrected chi connectivity index (χ4v) is 6.67. The van der Waals surface area contributed by atoms with Crippen molar-refractivity contribution >= 4 is 32.8 Å². The molecule has 0 aliphatic carbocycles. The van der Waals surface area contributed by atoms with Gasteiger partial charge in [-0.25, -0.2) is 8.42 Å². The molecule has 4 rings (SSSR count). The van der Waals surface area contributed by atoms with Crippen molar-refractivity contribution in [1.29, 1.82) is 0 Å². The Balaban J connectivity index is 1.75. The highest BCUT2D eigenvalue weighted by Gasteiger charge is 2.34. The molecular formula is C24H25NO5S2. The van der Waals surface area contributed by atoms with E-state index in [1.165, 1.54) is 11.3 Å². The summed E-state index contributed by atoms with van der Waals surface area (Å²) in [4.78, 5) is 13.7. The SMILES string of the molecule is CCCOc1ccc([C@H]2CC(=O)Nc3c(S(=O)(=O)c4ccccc4)csc32)cc1OCC. The normalized spacial score (nSPS) is 15.7. The fourth-order valence-electron chi connectivity index (χ4n) is 3.74. The van der Waals surface area contributed by atoms with E-state index in [0.29, 0.717) is 30.4 Å². The third-order valence-electron chi connectivity index (χ3n) is 5.23. The molecule has 0 saturated heterocycles. The van der Waals surface area contributed by atoms with Crippen LogP contribution in [-0.4, -0.2) is 27.5 Å². The molecular weight excluding hydrogens is 446 g/mol. The summed E-state index contributed by atoms with van der Waals surface area (Å²) in [7, 11) is -3.75. The van der Waals surface area contributed by atoms with Gasteiger partial charge in [-0.1, -0.05) is 31.2 Å². The number of fused-ring (bicyclic) bond motifs is 1. The van der Waals surface area contributed by atoms with E-state index < -0.39 is 9.84 Å². The largest absolute Gasteiger partial charge is 0.490 e. The number of nitrogens with one attached hydrogen (secondary N) is 1. The third-order valence-corrected chi connectivity index (χ3v) is 8.27. The minimum absolute atomic E-state index is 0.134. The van der Waals surface area contributed by atoms with Gasteiger partial charge in [-0.05, 0) is 43.2 Å². The summed E-state index contributed by atoms with van der Waals surface area (Å²) in [5.74, 6) is 0.814. The molecule has 1 atom stereocenters. The van der Waals surface area contributed by atoms with Gasteiger partial charge in [0, 0.05) is 22.6 Å². The van der Waals surface area contributed by atoms with Gasteiger partial charge in [-0.3, -0.25) is 4.79 Å². The van der Waals surface area contributed by atoms with E-state index >= 15 is 0 Å².